The molecular weight excluding hydrogens is 476 g/mol. The molecule has 8 atom stereocenters. The Morgan fingerprint density at radius 1 is 1.08 bits per heavy atom. The minimum absolute atomic E-state index is 0.0382. The molecule has 37 heavy (non-hydrogen) atoms. The molecule has 0 amide bonds. The Morgan fingerprint density at radius 3 is 2.51 bits per heavy atom. The molecule has 3 fully saturated rings. The summed E-state index contributed by atoms with van der Waals surface area (Å²) in [6.07, 6.45) is 8.59. The van der Waals surface area contributed by atoms with E-state index in [-0.39, 0.29) is 40.5 Å². The zero-order valence-corrected chi connectivity index (χ0v) is 22.7. The van der Waals surface area contributed by atoms with Crippen molar-refractivity contribution in [2.75, 3.05) is 7.11 Å². The van der Waals surface area contributed by atoms with E-state index in [1.807, 2.05) is 6.92 Å². The fraction of sp³-hybridized carbons (Fsp3) is 0.750. The zero-order valence-electron chi connectivity index (χ0n) is 22.7. The number of carbonyl (C=O) groups is 3. The number of ether oxygens (including phenoxy) is 2. The molecule has 9 heteroatoms. The van der Waals surface area contributed by atoms with Crippen molar-refractivity contribution < 1.29 is 33.5 Å². The van der Waals surface area contributed by atoms with Crippen molar-refractivity contribution in [3.05, 3.63) is 11.6 Å². The van der Waals surface area contributed by atoms with E-state index in [4.69, 9.17) is 19.1 Å². The van der Waals surface area contributed by atoms with E-state index in [2.05, 4.69) is 30.2 Å². The van der Waals surface area contributed by atoms with Crippen LogP contribution in [0.15, 0.2) is 22.0 Å². The summed E-state index contributed by atoms with van der Waals surface area (Å²) in [7, 11) is 1.35. The van der Waals surface area contributed by atoms with Crippen molar-refractivity contribution in [3.63, 3.8) is 0 Å². The SMILES string of the molecule is COC(=O)C1=NO[C@]2(/C(C)=N/OC(C)=O)[C@H]1C[C@@H]1[C@@H]3CC=C4C[C@@H](OC(C)=O)CC[C@]4(C)[C@H]3CC[C@@]12C. The lowest BCUT2D eigenvalue weighted by molar-refractivity contribution is -0.149. The van der Waals surface area contributed by atoms with Gasteiger partial charge in [0.25, 0.3) is 0 Å². The molecule has 0 aromatic carbocycles. The first-order chi connectivity index (χ1) is 17.5. The third kappa shape index (κ3) is 3.67. The average molecular weight is 515 g/mol. The maximum absolute atomic E-state index is 12.7. The van der Waals surface area contributed by atoms with Gasteiger partial charge in [0.1, 0.15) is 11.8 Å². The number of oxime groups is 2. The summed E-state index contributed by atoms with van der Waals surface area (Å²) < 4.78 is 10.6. The first-order valence-electron chi connectivity index (χ1n) is 13.4. The number of nitrogens with zero attached hydrogens (tertiary/aromatic N) is 2. The number of fused-ring (bicyclic) bond motifs is 7. The fourth-order valence-corrected chi connectivity index (χ4v) is 8.87. The van der Waals surface area contributed by atoms with Crippen LogP contribution < -0.4 is 0 Å². The molecule has 1 aliphatic heterocycles. The Kier molecular flexibility index (Phi) is 6.27. The van der Waals surface area contributed by atoms with E-state index in [0.29, 0.717) is 17.5 Å². The minimum atomic E-state index is -0.973. The van der Waals surface area contributed by atoms with Crippen LogP contribution >= 0.6 is 0 Å². The number of rotatable bonds is 4. The molecule has 0 aromatic rings. The van der Waals surface area contributed by atoms with Crippen molar-refractivity contribution in [1.82, 2.24) is 0 Å². The molecule has 5 aliphatic rings. The number of esters is 2. The highest BCUT2D eigenvalue weighted by Gasteiger charge is 2.74. The number of allylic oxidation sites excluding steroid dienone is 1. The molecule has 0 saturated heterocycles. The van der Waals surface area contributed by atoms with Crippen LogP contribution in [0.4, 0.5) is 0 Å². The Morgan fingerprint density at radius 2 is 1.84 bits per heavy atom. The van der Waals surface area contributed by atoms with E-state index in [9.17, 15) is 14.4 Å². The zero-order chi connectivity index (χ0) is 26.8. The lowest BCUT2D eigenvalue weighted by Crippen LogP contribution is -2.59. The van der Waals surface area contributed by atoms with Gasteiger partial charge >= 0.3 is 17.9 Å². The van der Waals surface area contributed by atoms with Crippen LogP contribution in [0.25, 0.3) is 0 Å². The summed E-state index contributed by atoms with van der Waals surface area (Å²) in [6, 6.07) is 0. The molecule has 9 nitrogen and oxygen atoms in total. The lowest BCUT2D eigenvalue weighted by atomic mass is 9.46. The molecule has 4 aliphatic carbocycles. The summed E-state index contributed by atoms with van der Waals surface area (Å²) in [5.74, 6) is -0.389. The number of hydrogen-bond acceptors (Lipinski definition) is 9. The number of hydrogen-bond donors (Lipinski definition) is 0. The van der Waals surface area contributed by atoms with Gasteiger partial charge < -0.3 is 19.1 Å². The first-order valence-corrected chi connectivity index (χ1v) is 13.4. The summed E-state index contributed by atoms with van der Waals surface area (Å²) in [4.78, 5) is 47.1. The normalized spacial score (nSPS) is 42.1. The molecular formula is C28H38N2O7. The molecule has 0 unspecified atom stereocenters. The van der Waals surface area contributed by atoms with Gasteiger partial charge in [0.05, 0.1) is 13.0 Å². The van der Waals surface area contributed by atoms with Gasteiger partial charge in [-0.25, -0.2) is 9.59 Å². The van der Waals surface area contributed by atoms with Crippen molar-refractivity contribution in [3.8, 4) is 0 Å². The Hall–Kier alpha value is -2.71. The van der Waals surface area contributed by atoms with E-state index >= 15 is 0 Å². The predicted molar refractivity (Wildman–Crippen MR) is 134 cm³/mol. The second-order valence-corrected chi connectivity index (χ2v) is 12.0. The average Bonchev–Trinajstić information content (AvgIpc) is 3.35. The van der Waals surface area contributed by atoms with Gasteiger partial charge in [0, 0.05) is 25.7 Å². The highest BCUT2D eigenvalue weighted by molar-refractivity contribution is 6.38. The molecule has 0 aromatic heterocycles. The first kappa shape index (κ1) is 25.9. The molecule has 5 rings (SSSR count). The van der Waals surface area contributed by atoms with E-state index in [0.717, 1.165) is 44.9 Å². The van der Waals surface area contributed by atoms with Gasteiger partial charge in [-0.2, -0.15) is 0 Å². The Bertz CT molecular complexity index is 1110. The van der Waals surface area contributed by atoms with Crippen LogP contribution in [0.5, 0.6) is 0 Å². The predicted octanol–water partition coefficient (Wildman–Crippen LogP) is 4.34. The van der Waals surface area contributed by atoms with Crippen LogP contribution in [0, 0.1) is 34.5 Å². The second-order valence-electron chi connectivity index (χ2n) is 12.0. The molecule has 0 spiro atoms. The largest absolute Gasteiger partial charge is 0.464 e. The smallest absolute Gasteiger partial charge is 0.356 e. The maximum atomic E-state index is 12.7. The monoisotopic (exact) mass is 514 g/mol. The van der Waals surface area contributed by atoms with Gasteiger partial charge in [-0.1, -0.05) is 35.8 Å². The minimum Gasteiger partial charge on any atom is -0.464 e. The molecule has 1 heterocycles. The van der Waals surface area contributed by atoms with Gasteiger partial charge in [0.15, 0.2) is 11.3 Å². The summed E-state index contributed by atoms with van der Waals surface area (Å²) in [6.45, 7) is 9.22. The second kappa shape index (κ2) is 8.95. The highest BCUT2D eigenvalue weighted by Crippen LogP contribution is 2.70. The number of methoxy groups -OCH3 is 1. The third-order valence-corrected chi connectivity index (χ3v) is 10.5. The Balaban J connectivity index is 1.51. The third-order valence-electron chi connectivity index (χ3n) is 10.5. The van der Waals surface area contributed by atoms with Crippen molar-refractivity contribution in [1.29, 1.82) is 0 Å². The number of carbonyl (C=O) groups excluding carboxylic acids is 3. The molecule has 3 saturated carbocycles. The van der Waals surface area contributed by atoms with Crippen LogP contribution in [0.1, 0.15) is 79.6 Å². The highest BCUT2D eigenvalue weighted by atomic mass is 16.7. The van der Waals surface area contributed by atoms with Gasteiger partial charge in [-0.3, -0.25) is 4.79 Å². The summed E-state index contributed by atoms with van der Waals surface area (Å²) >= 11 is 0. The molecule has 0 bridgehead atoms. The van der Waals surface area contributed by atoms with Crippen LogP contribution in [0.3, 0.4) is 0 Å². The van der Waals surface area contributed by atoms with Gasteiger partial charge in [-0.05, 0) is 68.6 Å². The van der Waals surface area contributed by atoms with Crippen molar-refractivity contribution >= 4 is 29.3 Å². The van der Waals surface area contributed by atoms with Crippen molar-refractivity contribution in [2.45, 2.75) is 91.3 Å². The molecule has 0 radical (unpaired) electrons. The summed E-state index contributed by atoms with van der Waals surface area (Å²) in [5, 5.41) is 8.40. The molecule has 0 N–H and O–H groups in total. The van der Waals surface area contributed by atoms with E-state index in [1.165, 1.54) is 26.5 Å². The van der Waals surface area contributed by atoms with Gasteiger partial charge in [0.2, 0.25) is 0 Å². The maximum Gasteiger partial charge on any atom is 0.356 e. The molecule has 202 valence electrons. The summed E-state index contributed by atoms with van der Waals surface area (Å²) in [5.41, 5.74) is 0.962. The van der Waals surface area contributed by atoms with Crippen LogP contribution in [0.2, 0.25) is 0 Å². The van der Waals surface area contributed by atoms with Crippen LogP contribution in [-0.2, 0) is 33.5 Å². The fourth-order valence-electron chi connectivity index (χ4n) is 8.87. The standard InChI is InChI=1S/C28H38N2O7/c1-15(29-36-17(3)32)28-23(24(30-37-28)25(33)34-6)14-22-20-8-7-18-13-19(35-16(2)31)9-11-26(18,4)21(20)10-12-27(22,28)5/h7,19-23H,8-14H2,1-6H3/b29-15+/t19-,20+,21-,22+,23-,26-,27-,28+/m0/s1. The van der Waals surface area contributed by atoms with Gasteiger partial charge in [-0.15, -0.1) is 0 Å². The van der Waals surface area contributed by atoms with E-state index in [1.54, 1.807) is 0 Å². The quantitative estimate of drug-likeness (QED) is 0.180. The van der Waals surface area contributed by atoms with Crippen LogP contribution in [-0.4, -0.2) is 48.1 Å². The van der Waals surface area contributed by atoms with E-state index < -0.39 is 17.5 Å². The lowest BCUT2D eigenvalue weighted by Gasteiger charge is -2.58. The topological polar surface area (TPSA) is 113 Å². The Labute approximate surface area is 218 Å². The van der Waals surface area contributed by atoms with Crippen molar-refractivity contribution in [2.24, 2.45) is 44.8 Å².